The fourth-order valence-corrected chi connectivity index (χ4v) is 2.36. The highest BCUT2D eigenvalue weighted by molar-refractivity contribution is 5.10. The largest absolute Gasteiger partial charge is 0.0917 e. The Bertz CT molecular complexity index is 153. The van der Waals surface area contributed by atoms with Crippen molar-refractivity contribution in [3.8, 4) is 0 Å². The number of hydrogen-bond acceptors (Lipinski definition) is 0. The van der Waals surface area contributed by atoms with E-state index in [2.05, 4.69) is 19.1 Å². The Balaban J connectivity index is 1.72. The molecule has 2 rings (SSSR count). The molecule has 2 aliphatic rings. The molecule has 0 amide bonds. The van der Waals surface area contributed by atoms with Gasteiger partial charge in [0.2, 0.25) is 0 Å². The van der Waals surface area contributed by atoms with Gasteiger partial charge in [-0.05, 0) is 50.4 Å². The molecule has 0 heterocycles. The molecule has 0 radical (unpaired) electrons. The quantitative estimate of drug-likeness (QED) is 0.523. The van der Waals surface area contributed by atoms with E-state index in [1.165, 1.54) is 25.7 Å². The molecule has 10 heavy (non-hydrogen) atoms. The van der Waals surface area contributed by atoms with Gasteiger partial charge in [-0.25, -0.2) is 0 Å². The Morgan fingerprint density at radius 1 is 1.60 bits per heavy atom. The summed E-state index contributed by atoms with van der Waals surface area (Å²) in [4.78, 5) is 0. The maximum absolute atomic E-state index is 2.31. The van der Waals surface area contributed by atoms with Crippen LogP contribution in [-0.2, 0) is 0 Å². The second-order valence-corrected chi connectivity index (χ2v) is 3.91. The molecule has 0 bridgehead atoms. The molecule has 0 aromatic heterocycles. The number of fused-ring (bicyclic) bond motifs is 1. The van der Waals surface area contributed by atoms with Crippen LogP contribution in [0.15, 0.2) is 12.2 Å². The van der Waals surface area contributed by atoms with Gasteiger partial charge in [-0.1, -0.05) is 12.2 Å². The lowest BCUT2D eigenvalue weighted by molar-refractivity contribution is 0.275. The number of allylic oxidation sites excluding steroid dienone is 2. The number of hydrogen-bond donors (Lipinski definition) is 0. The van der Waals surface area contributed by atoms with Gasteiger partial charge in [0.1, 0.15) is 0 Å². The van der Waals surface area contributed by atoms with E-state index >= 15 is 0 Å². The normalized spacial score (nSPS) is 43.1. The molecule has 0 nitrogen and oxygen atoms in total. The van der Waals surface area contributed by atoms with Gasteiger partial charge in [-0.2, -0.15) is 0 Å². The van der Waals surface area contributed by atoms with Crippen LogP contribution in [0.3, 0.4) is 0 Å². The molecule has 0 aliphatic heterocycles. The van der Waals surface area contributed by atoms with Gasteiger partial charge in [0, 0.05) is 0 Å². The molecule has 0 N–H and O–H groups in total. The minimum Gasteiger partial charge on any atom is -0.0917 e. The molecule has 0 spiro atoms. The van der Waals surface area contributed by atoms with Crippen molar-refractivity contribution >= 4 is 0 Å². The van der Waals surface area contributed by atoms with Crippen molar-refractivity contribution in [2.75, 3.05) is 0 Å². The summed E-state index contributed by atoms with van der Waals surface area (Å²) in [5, 5.41) is 0. The number of rotatable bonds is 3. The second-order valence-electron chi connectivity index (χ2n) is 3.91. The topological polar surface area (TPSA) is 0 Å². The van der Waals surface area contributed by atoms with E-state index in [1.807, 2.05) is 0 Å². The molecular weight excluding hydrogens is 120 g/mol. The van der Waals surface area contributed by atoms with Crippen molar-refractivity contribution < 1.29 is 0 Å². The van der Waals surface area contributed by atoms with E-state index in [0.717, 1.165) is 11.3 Å². The maximum Gasteiger partial charge on any atom is -0.0263 e. The van der Waals surface area contributed by atoms with Gasteiger partial charge in [0.15, 0.2) is 0 Å². The van der Waals surface area contributed by atoms with Crippen LogP contribution < -0.4 is 0 Å². The monoisotopic (exact) mass is 136 g/mol. The summed E-state index contributed by atoms with van der Waals surface area (Å²) >= 11 is 0. The Kier molecular flexibility index (Phi) is 1.36. The van der Waals surface area contributed by atoms with Crippen molar-refractivity contribution in [1.82, 2.24) is 0 Å². The molecule has 0 aromatic carbocycles. The van der Waals surface area contributed by atoms with E-state index in [4.69, 9.17) is 0 Å². The molecule has 0 aromatic rings. The summed E-state index contributed by atoms with van der Waals surface area (Å²) in [7, 11) is 0. The summed E-state index contributed by atoms with van der Waals surface area (Å²) < 4.78 is 0. The first kappa shape index (κ1) is 6.45. The first-order valence-electron chi connectivity index (χ1n) is 4.48. The minimum absolute atomic E-state index is 0.888. The SMILES string of the molecule is CC=CCCC12CCC1C2. The standard InChI is InChI=1S/C10H16/c1-2-3-4-6-10-7-5-9(10)8-10/h2-3,9H,4-8H2,1H3. The first-order valence-corrected chi connectivity index (χ1v) is 4.48. The zero-order valence-electron chi connectivity index (χ0n) is 6.77. The van der Waals surface area contributed by atoms with Crippen LogP contribution >= 0.6 is 0 Å². The van der Waals surface area contributed by atoms with Crippen LogP contribution in [-0.4, -0.2) is 0 Å². The van der Waals surface area contributed by atoms with Crippen LogP contribution in [0.1, 0.15) is 39.0 Å². The third-order valence-electron chi connectivity index (χ3n) is 3.39. The highest BCUT2D eigenvalue weighted by Crippen LogP contribution is 2.69. The summed E-state index contributed by atoms with van der Waals surface area (Å²) in [6.45, 7) is 2.11. The van der Waals surface area contributed by atoms with Gasteiger partial charge in [0.05, 0.1) is 0 Å². The van der Waals surface area contributed by atoms with Crippen molar-refractivity contribution in [2.24, 2.45) is 11.3 Å². The lowest BCUT2D eigenvalue weighted by Crippen LogP contribution is -2.13. The summed E-state index contributed by atoms with van der Waals surface area (Å²) in [5.74, 6) is 1.16. The molecule has 56 valence electrons. The average molecular weight is 136 g/mol. The summed E-state index contributed by atoms with van der Waals surface area (Å²) in [5.41, 5.74) is 0.888. The predicted molar refractivity (Wildman–Crippen MR) is 43.8 cm³/mol. The van der Waals surface area contributed by atoms with E-state index in [0.29, 0.717) is 0 Å². The molecule has 2 aliphatic carbocycles. The van der Waals surface area contributed by atoms with E-state index < -0.39 is 0 Å². The van der Waals surface area contributed by atoms with E-state index in [1.54, 1.807) is 6.42 Å². The van der Waals surface area contributed by atoms with E-state index in [-0.39, 0.29) is 0 Å². The smallest absolute Gasteiger partial charge is 0.0263 e. The third kappa shape index (κ3) is 0.817. The van der Waals surface area contributed by atoms with Gasteiger partial charge < -0.3 is 0 Å². The van der Waals surface area contributed by atoms with Crippen molar-refractivity contribution in [1.29, 1.82) is 0 Å². The van der Waals surface area contributed by atoms with Gasteiger partial charge in [0.25, 0.3) is 0 Å². The minimum atomic E-state index is 0.888. The van der Waals surface area contributed by atoms with Gasteiger partial charge >= 0.3 is 0 Å². The average Bonchev–Trinajstić information content (AvgIpc) is 2.40. The van der Waals surface area contributed by atoms with Crippen LogP contribution in [0.25, 0.3) is 0 Å². The maximum atomic E-state index is 2.31. The molecule has 0 saturated heterocycles. The van der Waals surface area contributed by atoms with Crippen molar-refractivity contribution in [3.63, 3.8) is 0 Å². The lowest BCUT2D eigenvalue weighted by Gasteiger charge is -2.24. The summed E-state index contributed by atoms with van der Waals surface area (Å²) in [6.07, 6.45) is 11.9. The zero-order chi connectivity index (χ0) is 7.03. The fraction of sp³-hybridized carbons (Fsp3) is 0.800. The Morgan fingerprint density at radius 2 is 2.50 bits per heavy atom. The van der Waals surface area contributed by atoms with Crippen LogP contribution in [0, 0.1) is 11.3 Å². The summed E-state index contributed by atoms with van der Waals surface area (Å²) in [6, 6.07) is 0. The van der Waals surface area contributed by atoms with Gasteiger partial charge in [-0.3, -0.25) is 0 Å². The fourth-order valence-electron chi connectivity index (χ4n) is 2.36. The van der Waals surface area contributed by atoms with Crippen molar-refractivity contribution in [3.05, 3.63) is 12.2 Å². The predicted octanol–water partition coefficient (Wildman–Crippen LogP) is 3.14. The molecular formula is C10H16. The van der Waals surface area contributed by atoms with Crippen LogP contribution in [0.2, 0.25) is 0 Å². The Hall–Kier alpha value is -0.260. The van der Waals surface area contributed by atoms with Crippen LogP contribution in [0.4, 0.5) is 0 Å². The molecule has 2 atom stereocenters. The lowest BCUT2D eigenvalue weighted by atomic mass is 9.81. The first-order chi connectivity index (χ1) is 4.87. The van der Waals surface area contributed by atoms with Gasteiger partial charge in [-0.15, -0.1) is 0 Å². The van der Waals surface area contributed by atoms with E-state index in [9.17, 15) is 0 Å². The van der Waals surface area contributed by atoms with Crippen LogP contribution in [0.5, 0.6) is 0 Å². The van der Waals surface area contributed by atoms with Crippen molar-refractivity contribution in [2.45, 2.75) is 39.0 Å². The highest BCUT2D eigenvalue weighted by Gasteiger charge is 2.59. The third-order valence-corrected chi connectivity index (χ3v) is 3.39. The molecule has 2 unspecified atom stereocenters. The molecule has 2 fully saturated rings. The molecule has 2 saturated carbocycles. The highest BCUT2D eigenvalue weighted by atomic mass is 14.6. The Labute approximate surface area is 63.3 Å². The molecule has 0 heteroatoms. The Morgan fingerprint density at radius 3 is 2.90 bits per heavy atom. The second kappa shape index (κ2) is 2.11. The zero-order valence-corrected chi connectivity index (χ0v) is 6.77.